The molecular weight excluding hydrogens is 324 g/mol. The Kier molecular flexibility index (Phi) is 4.47. The third-order valence-corrected chi connectivity index (χ3v) is 5.16. The second kappa shape index (κ2) is 6.92. The van der Waals surface area contributed by atoms with Gasteiger partial charge < -0.3 is 14.6 Å². The van der Waals surface area contributed by atoms with Crippen LogP contribution in [0.3, 0.4) is 0 Å². The summed E-state index contributed by atoms with van der Waals surface area (Å²) in [5, 5.41) is 3.60. The molecule has 1 aromatic carbocycles. The maximum Gasteiger partial charge on any atom is 0.227 e. The van der Waals surface area contributed by atoms with Crippen molar-refractivity contribution in [2.75, 3.05) is 11.4 Å². The van der Waals surface area contributed by atoms with E-state index in [0.717, 1.165) is 36.5 Å². The molecule has 5 heteroatoms. The molecular formula is C21H24N4O. The van der Waals surface area contributed by atoms with E-state index in [2.05, 4.69) is 40.0 Å². The van der Waals surface area contributed by atoms with Crippen LogP contribution in [0.15, 0.2) is 48.7 Å². The Labute approximate surface area is 153 Å². The Bertz CT molecular complexity index is 946. The monoisotopic (exact) mass is 348 g/mol. The van der Waals surface area contributed by atoms with Crippen LogP contribution < -0.4 is 10.2 Å². The lowest BCUT2D eigenvalue weighted by Crippen LogP contribution is -2.24. The molecule has 134 valence electrons. The highest BCUT2D eigenvalue weighted by Crippen LogP contribution is 2.25. The molecule has 3 aromatic rings. The zero-order chi connectivity index (χ0) is 18.1. The first kappa shape index (κ1) is 16.8. The standard InChI is InChI=1S/C21H24N4O/c1-15(17-7-5-8-18(13-17)24-12-6-10-21(24)26)22-14-19-16(2)23-20-9-3-4-11-25(19)20/h3-5,7-9,11,13,15,22H,6,10,12,14H2,1-2H3/t15-/m1/s1. The Morgan fingerprint density at radius 2 is 2.12 bits per heavy atom. The number of pyridine rings is 1. The first-order chi connectivity index (χ1) is 12.6. The lowest BCUT2D eigenvalue weighted by Gasteiger charge is -2.19. The van der Waals surface area contributed by atoms with Gasteiger partial charge in [0.05, 0.1) is 11.4 Å². The summed E-state index contributed by atoms with van der Waals surface area (Å²) in [6.45, 7) is 5.77. The van der Waals surface area contributed by atoms with Crippen molar-refractivity contribution < 1.29 is 4.79 Å². The minimum Gasteiger partial charge on any atom is -0.312 e. The number of anilines is 1. The molecule has 0 radical (unpaired) electrons. The smallest absolute Gasteiger partial charge is 0.227 e. The molecule has 0 unspecified atom stereocenters. The highest BCUT2D eigenvalue weighted by Gasteiger charge is 2.22. The van der Waals surface area contributed by atoms with Crippen LogP contribution in [0.2, 0.25) is 0 Å². The zero-order valence-corrected chi connectivity index (χ0v) is 15.3. The van der Waals surface area contributed by atoms with Crippen LogP contribution in [0.4, 0.5) is 5.69 Å². The quantitative estimate of drug-likeness (QED) is 0.766. The normalized spacial score (nSPS) is 15.8. The van der Waals surface area contributed by atoms with Crippen LogP contribution in [0.25, 0.3) is 5.65 Å². The van der Waals surface area contributed by atoms with Crippen molar-refractivity contribution >= 4 is 17.2 Å². The second-order valence-electron chi connectivity index (χ2n) is 6.92. The summed E-state index contributed by atoms with van der Waals surface area (Å²) in [6, 6.07) is 14.5. The van der Waals surface area contributed by atoms with E-state index in [1.165, 1.54) is 11.3 Å². The van der Waals surface area contributed by atoms with Gasteiger partial charge in [0.2, 0.25) is 5.91 Å². The summed E-state index contributed by atoms with van der Waals surface area (Å²) in [6.07, 6.45) is 3.66. The Morgan fingerprint density at radius 1 is 1.23 bits per heavy atom. The number of rotatable bonds is 5. The van der Waals surface area contributed by atoms with Gasteiger partial charge in [0.25, 0.3) is 0 Å². The minimum atomic E-state index is 0.182. The van der Waals surface area contributed by atoms with Gasteiger partial charge in [-0.1, -0.05) is 18.2 Å². The molecule has 4 rings (SSSR count). The van der Waals surface area contributed by atoms with E-state index in [1.807, 2.05) is 42.2 Å². The molecule has 0 bridgehead atoms. The van der Waals surface area contributed by atoms with E-state index < -0.39 is 0 Å². The lowest BCUT2D eigenvalue weighted by atomic mass is 10.1. The van der Waals surface area contributed by atoms with E-state index in [0.29, 0.717) is 6.42 Å². The van der Waals surface area contributed by atoms with Crippen LogP contribution >= 0.6 is 0 Å². The van der Waals surface area contributed by atoms with Crippen molar-refractivity contribution in [1.29, 1.82) is 0 Å². The van der Waals surface area contributed by atoms with Crippen LogP contribution in [0.5, 0.6) is 0 Å². The topological polar surface area (TPSA) is 49.6 Å². The van der Waals surface area contributed by atoms with Gasteiger partial charge in [-0.15, -0.1) is 0 Å². The molecule has 0 saturated carbocycles. The summed E-state index contributed by atoms with van der Waals surface area (Å²) in [7, 11) is 0. The van der Waals surface area contributed by atoms with Crippen molar-refractivity contribution in [2.24, 2.45) is 0 Å². The lowest BCUT2D eigenvalue weighted by molar-refractivity contribution is -0.117. The van der Waals surface area contributed by atoms with E-state index in [-0.39, 0.29) is 11.9 Å². The summed E-state index contributed by atoms with van der Waals surface area (Å²) >= 11 is 0. The predicted molar refractivity (Wildman–Crippen MR) is 103 cm³/mol. The number of hydrogen-bond acceptors (Lipinski definition) is 3. The van der Waals surface area contributed by atoms with Gasteiger partial charge in [-0.25, -0.2) is 4.98 Å². The number of hydrogen-bond donors (Lipinski definition) is 1. The van der Waals surface area contributed by atoms with Crippen molar-refractivity contribution in [1.82, 2.24) is 14.7 Å². The largest absolute Gasteiger partial charge is 0.312 e. The molecule has 1 fully saturated rings. The Balaban J connectivity index is 1.50. The predicted octanol–water partition coefficient (Wildman–Crippen LogP) is 3.62. The third kappa shape index (κ3) is 3.10. The SMILES string of the molecule is Cc1nc2ccccn2c1CN[C@H](C)c1cccc(N2CCCC2=O)c1. The van der Waals surface area contributed by atoms with Crippen molar-refractivity contribution in [3.63, 3.8) is 0 Å². The number of carbonyl (C=O) groups is 1. The Hall–Kier alpha value is -2.66. The fraction of sp³-hybridized carbons (Fsp3) is 0.333. The summed E-state index contributed by atoms with van der Waals surface area (Å²) in [5.41, 5.74) is 5.40. The molecule has 1 amide bonds. The summed E-state index contributed by atoms with van der Waals surface area (Å²) in [5.74, 6) is 0.226. The molecule has 1 saturated heterocycles. The van der Waals surface area contributed by atoms with Crippen molar-refractivity contribution in [3.05, 3.63) is 65.6 Å². The van der Waals surface area contributed by atoms with E-state index in [1.54, 1.807) is 0 Å². The molecule has 3 heterocycles. The van der Waals surface area contributed by atoms with Crippen molar-refractivity contribution in [2.45, 2.75) is 39.3 Å². The van der Waals surface area contributed by atoms with Gasteiger partial charge in [-0.3, -0.25) is 4.79 Å². The number of carbonyl (C=O) groups excluding carboxylic acids is 1. The molecule has 0 aliphatic carbocycles. The van der Waals surface area contributed by atoms with Gasteiger partial charge in [-0.05, 0) is 50.1 Å². The molecule has 2 aromatic heterocycles. The highest BCUT2D eigenvalue weighted by atomic mass is 16.2. The van der Waals surface area contributed by atoms with E-state index in [4.69, 9.17) is 0 Å². The molecule has 1 atom stereocenters. The Morgan fingerprint density at radius 3 is 2.92 bits per heavy atom. The number of amides is 1. The highest BCUT2D eigenvalue weighted by molar-refractivity contribution is 5.95. The molecule has 1 aliphatic heterocycles. The number of fused-ring (bicyclic) bond motifs is 1. The van der Waals surface area contributed by atoms with Crippen LogP contribution in [-0.4, -0.2) is 21.8 Å². The van der Waals surface area contributed by atoms with Gasteiger partial charge in [0.15, 0.2) is 0 Å². The molecule has 5 nitrogen and oxygen atoms in total. The number of benzene rings is 1. The second-order valence-corrected chi connectivity index (χ2v) is 6.92. The van der Waals surface area contributed by atoms with Crippen LogP contribution in [0.1, 0.15) is 42.8 Å². The first-order valence-corrected chi connectivity index (χ1v) is 9.20. The van der Waals surface area contributed by atoms with Crippen molar-refractivity contribution in [3.8, 4) is 0 Å². The maximum absolute atomic E-state index is 12.0. The first-order valence-electron chi connectivity index (χ1n) is 9.20. The van der Waals surface area contributed by atoms with Gasteiger partial charge in [-0.2, -0.15) is 0 Å². The molecule has 1 aliphatic rings. The van der Waals surface area contributed by atoms with Crippen LogP contribution in [-0.2, 0) is 11.3 Å². The summed E-state index contributed by atoms with van der Waals surface area (Å²) < 4.78 is 2.13. The number of nitrogens with zero attached hydrogens (tertiary/aromatic N) is 3. The summed E-state index contributed by atoms with van der Waals surface area (Å²) in [4.78, 5) is 18.5. The van der Waals surface area contributed by atoms with E-state index >= 15 is 0 Å². The van der Waals surface area contributed by atoms with Gasteiger partial charge in [0, 0.05) is 37.4 Å². The molecule has 1 N–H and O–H groups in total. The van der Waals surface area contributed by atoms with E-state index in [9.17, 15) is 4.79 Å². The fourth-order valence-electron chi connectivity index (χ4n) is 3.63. The van der Waals surface area contributed by atoms with Crippen LogP contribution in [0, 0.1) is 6.92 Å². The number of imidazole rings is 1. The van der Waals surface area contributed by atoms with Gasteiger partial charge in [0.1, 0.15) is 5.65 Å². The zero-order valence-electron chi connectivity index (χ0n) is 15.3. The van der Waals surface area contributed by atoms with Gasteiger partial charge >= 0.3 is 0 Å². The number of nitrogens with one attached hydrogen (secondary N) is 1. The molecule has 0 spiro atoms. The fourth-order valence-corrected chi connectivity index (χ4v) is 3.63. The number of aromatic nitrogens is 2. The molecule has 26 heavy (non-hydrogen) atoms. The average Bonchev–Trinajstić information content (AvgIpc) is 3.22. The average molecular weight is 348 g/mol. The maximum atomic E-state index is 12.0. The third-order valence-electron chi connectivity index (χ3n) is 5.16. The minimum absolute atomic E-state index is 0.182. The number of aryl methyl sites for hydroxylation is 1.